The van der Waals surface area contributed by atoms with E-state index in [1.165, 1.54) is 5.56 Å². The zero-order valence-corrected chi connectivity index (χ0v) is 10.8. The highest BCUT2D eigenvalue weighted by Gasteiger charge is 2.23. The van der Waals surface area contributed by atoms with Crippen LogP contribution in [0.5, 0.6) is 0 Å². The number of carbonyl (C=O) groups is 1. The van der Waals surface area contributed by atoms with Gasteiger partial charge in [0.1, 0.15) is 0 Å². The van der Waals surface area contributed by atoms with Gasteiger partial charge in [0.05, 0.1) is 5.25 Å². The van der Waals surface area contributed by atoms with E-state index in [9.17, 15) is 4.79 Å². The van der Waals surface area contributed by atoms with Crippen molar-refractivity contribution in [3.63, 3.8) is 0 Å². The van der Waals surface area contributed by atoms with Crippen LogP contribution in [0.15, 0.2) is 24.3 Å². The molecule has 1 saturated heterocycles. The molecule has 0 aromatic heterocycles. The van der Waals surface area contributed by atoms with E-state index >= 15 is 0 Å². The molecule has 2 rings (SSSR count). The van der Waals surface area contributed by atoms with Crippen LogP contribution in [0.2, 0.25) is 0 Å². The quantitative estimate of drug-likeness (QED) is 0.861. The molecule has 1 aromatic rings. The Hall–Kier alpha value is -1.00. The Morgan fingerprint density at radius 3 is 3.12 bits per heavy atom. The molecule has 1 aliphatic heterocycles. The topological polar surface area (TPSA) is 41.1 Å². The van der Waals surface area contributed by atoms with Gasteiger partial charge in [-0.2, -0.15) is 0 Å². The molecule has 4 heteroatoms. The molecule has 1 aliphatic rings. The average molecular weight is 250 g/mol. The first-order chi connectivity index (χ1) is 8.29. The van der Waals surface area contributed by atoms with Crippen LogP contribution < -0.4 is 10.6 Å². The van der Waals surface area contributed by atoms with Gasteiger partial charge in [-0.25, -0.2) is 0 Å². The second-order valence-electron chi connectivity index (χ2n) is 4.22. The van der Waals surface area contributed by atoms with Gasteiger partial charge in [-0.3, -0.25) is 4.79 Å². The summed E-state index contributed by atoms with van der Waals surface area (Å²) in [5.41, 5.74) is 2.08. The fourth-order valence-corrected chi connectivity index (χ4v) is 3.13. The van der Waals surface area contributed by atoms with E-state index in [2.05, 4.69) is 16.7 Å². The lowest BCUT2D eigenvalue weighted by atomic mass is 10.2. The van der Waals surface area contributed by atoms with Crippen molar-refractivity contribution in [1.29, 1.82) is 0 Å². The predicted molar refractivity (Wildman–Crippen MR) is 73.3 cm³/mol. The van der Waals surface area contributed by atoms with Gasteiger partial charge in [-0.05, 0) is 43.3 Å². The molecule has 2 N–H and O–H groups in total. The molecule has 92 valence electrons. The standard InChI is InChI=1S/C13H18N2OS/c1-14-9-10-4-2-5-11(8-10)15-13(16)12-6-3-7-17-12/h2,4-5,8,12,14H,3,6-7,9H2,1H3,(H,15,16). The van der Waals surface area contributed by atoms with Gasteiger partial charge < -0.3 is 10.6 Å². The zero-order chi connectivity index (χ0) is 12.1. The van der Waals surface area contributed by atoms with Crippen LogP contribution in [0.4, 0.5) is 5.69 Å². The number of carbonyl (C=O) groups excluding carboxylic acids is 1. The minimum Gasteiger partial charge on any atom is -0.325 e. The molecule has 1 unspecified atom stereocenters. The van der Waals surface area contributed by atoms with Gasteiger partial charge in [-0.15, -0.1) is 11.8 Å². The van der Waals surface area contributed by atoms with Gasteiger partial charge in [-0.1, -0.05) is 12.1 Å². The first-order valence-corrected chi connectivity index (χ1v) is 7.00. The average Bonchev–Trinajstić information content (AvgIpc) is 2.83. The number of benzene rings is 1. The van der Waals surface area contributed by atoms with E-state index in [1.807, 2.05) is 25.2 Å². The maximum atomic E-state index is 11.9. The van der Waals surface area contributed by atoms with E-state index in [4.69, 9.17) is 0 Å². The van der Waals surface area contributed by atoms with E-state index < -0.39 is 0 Å². The third-order valence-corrected chi connectivity index (χ3v) is 4.17. The molecule has 1 aromatic carbocycles. The van der Waals surface area contributed by atoms with Crippen molar-refractivity contribution in [3.05, 3.63) is 29.8 Å². The first kappa shape index (κ1) is 12.5. The van der Waals surface area contributed by atoms with Crippen molar-refractivity contribution < 1.29 is 4.79 Å². The Morgan fingerprint density at radius 2 is 2.41 bits per heavy atom. The highest BCUT2D eigenvalue weighted by atomic mass is 32.2. The minimum absolute atomic E-state index is 0.142. The van der Waals surface area contributed by atoms with Crippen molar-refractivity contribution in [3.8, 4) is 0 Å². The van der Waals surface area contributed by atoms with Gasteiger partial charge in [0, 0.05) is 12.2 Å². The number of amides is 1. The number of nitrogens with one attached hydrogen (secondary N) is 2. The monoisotopic (exact) mass is 250 g/mol. The molecule has 1 amide bonds. The number of anilines is 1. The van der Waals surface area contributed by atoms with E-state index in [-0.39, 0.29) is 11.2 Å². The van der Waals surface area contributed by atoms with Gasteiger partial charge in [0.25, 0.3) is 0 Å². The molecule has 1 fully saturated rings. The SMILES string of the molecule is CNCc1cccc(NC(=O)C2CCCS2)c1. The van der Waals surface area contributed by atoms with E-state index in [0.717, 1.165) is 30.8 Å². The molecule has 0 saturated carbocycles. The molecule has 0 spiro atoms. The number of rotatable bonds is 4. The smallest absolute Gasteiger partial charge is 0.237 e. The lowest BCUT2D eigenvalue weighted by Gasteiger charge is -2.10. The van der Waals surface area contributed by atoms with Crippen molar-refractivity contribution in [1.82, 2.24) is 5.32 Å². The van der Waals surface area contributed by atoms with Crippen LogP contribution in [0.1, 0.15) is 18.4 Å². The normalized spacial score (nSPS) is 19.2. The van der Waals surface area contributed by atoms with Crippen molar-refractivity contribution >= 4 is 23.4 Å². The molecular formula is C13H18N2OS. The molecule has 0 aliphatic carbocycles. The number of thioether (sulfide) groups is 1. The molecule has 0 bridgehead atoms. The Kier molecular flexibility index (Phi) is 4.45. The van der Waals surface area contributed by atoms with Gasteiger partial charge >= 0.3 is 0 Å². The van der Waals surface area contributed by atoms with Crippen LogP contribution in [0.25, 0.3) is 0 Å². The lowest BCUT2D eigenvalue weighted by molar-refractivity contribution is -0.115. The summed E-state index contributed by atoms with van der Waals surface area (Å²) in [5.74, 6) is 1.26. The van der Waals surface area contributed by atoms with Gasteiger partial charge in [0.2, 0.25) is 5.91 Å². The Balaban J connectivity index is 1.97. The number of hydrogen-bond donors (Lipinski definition) is 2. The third-order valence-electron chi connectivity index (χ3n) is 2.80. The minimum atomic E-state index is 0.142. The van der Waals surface area contributed by atoms with Crippen LogP contribution in [0, 0.1) is 0 Å². The third kappa shape index (κ3) is 3.48. The molecule has 3 nitrogen and oxygen atoms in total. The summed E-state index contributed by atoms with van der Waals surface area (Å²) in [6, 6.07) is 7.99. The fourth-order valence-electron chi connectivity index (χ4n) is 1.97. The summed E-state index contributed by atoms with van der Waals surface area (Å²) in [6.45, 7) is 0.821. The molecule has 17 heavy (non-hydrogen) atoms. The Morgan fingerprint density at radius 1 is 1.53 bits per heavy atom. The summed E-state index contributed by atoms with van der Waals surface area (Å²) in [6.07, 6.45) is 2.16. The molecule has 0 radical (unpaired) electrons. The maximum Gasteiger partial charge on any atom is 0.237 e. The van der Waals surface area contributed by atoms with E-state index in [1.54, 1.807) is 11.8 Å². The van der Waals surface area contributed by atoms with Crippen molar-refractivity contribution in [2.75, 3.05) is 18.1 Å². The molecular weight excluding hydrogens is 232 g/mol. The summed E-state index contributed by atoms with van der Waals surface area (Å²) < 4.78 is 0. The van der Waals surface area contributed by atoms with Crippen LogP contribution >= 0.6 is 11.8 Å². The second kappa shape index (κ2) is 6.07. The first-order valence-electron chi connectivity index (χ1n) is 5.95. The zero-order valence-electron chi connectivity index (χ0n) is 10.0. The van der Waals surface area contributed by atoms with Crippen LogP contribution in [-0.2, 0) is 11.3 Å². The Labute approximate surface area is 106 Å². The predicted octanol–water partition coefficient (Wildman–Crippen LogP) is 2.24. The maximum absolute atomic E-state index is 11.9. The van der Waals surface area contributed by atoms with Crippen molar-refractivity contribution in [2.24, 2.45) is 0 Å². The van der Waals surface area contributed by atoms with Crippen LogP contribution in [-0.4, -0.2) is 24.0 Å². The van der Waals surface area contributed by atoms with Crippen molar-refractivity contribution in [2.45, 2.75) is 24.6 Å². The molecule has 1 atom stereocenters. The Bertz CT molecular complexity index is 389. The largest absolute Gasteiger partial charge is 0.325 e. The fraction of sp³-hybridized carbons (Fsp3) is 0.462. The van der Waals surface area contributed by atoms with Gasteiger partial charge in [0.15, 0.2) is 0 Å². The second-order valence-corrected chi connectivity index (χ2v) is 5.53. The summed E-state index contributed by atoms with van der Waals surface area (Å²) in [5, 5.41) is 6.24. The highest BCUT2D eigenvalue weighted by molar-refractivity contribution is 8.00. The summed E-state index contributed by atoms with van der Waals surface area (Å²) in [4.78, 5) is 11.9. The van der Waals surface area contributed by atoms with Crippen LogP contribution in [0.3, 0.4) is 0 Å². The highest BCUT2D eigenvalue weighted by Crippen LogP contribution is 2.27. The van der Waals surface area contributed by atoms with E-state index in [0.29, 0.717) is 0 Å². The summed E-state index contributed by atoms with van der Waals surface area (Å²) >= 11 is 1.76. The lowest BCUT2D eigenvalue weighted by Crippen LogP contribution is -2.22. The number of hydrogen-bond acceptors (Lipinski definition) is 3. The molecule has 1 heterocycles. The summed E-state index contributed by atoms with van der Waals surface area (Å²) in [7, 11) is 1.92.